The first kappa shape index (κ1) is 9.76. The molecule has 0 aromatic carbocycles. The van der Waals surface area contributed by atoms with Crippen molar-refractivity contribution >= 4 is 5.78 Å². The molecule has 1 rings (SSSR count). The van der Waals surface area contributed by atoms with Gasteiger partial charge in [0.2, 0.25) is 0 Å². The van der Waals surface area contributed by atoms with Crippen molar-refractivity contribution in [3.63, 3.8) is 0 Å². The number of rotatable bonds is 3. The van der Waals surface area contributed by atoms with Crippen LogP contribution in [-0.4, -0.2) is 5.78 Å². The van der Waals surface area contributed by atoms with Crippen molar-refractivity contribution in [2.45, 2.75) is 47.5 Å². The van der Waals surface area contributed by atoms with Crippen LogP contribution in [0.4, 0.5) is 0 Å². The van der Waals surface area contributed by atoms with E-state index in [0.717, 1.165) is 18.8 Å². The number of Topliss-reactive ketones (excluding diaryl/α,β-unsaturated/α-hetero) is 1. The van der Waals surface area contributed by atoms with Gasteiger partial charge in [-0.3, -0.25) is 0 Å². The van der Waals surface area contributed by atoms with Crippen LogP contribution >= 0.6 is 0 Å². The lowest BCUT2D eigenvalue weighted by Gasteiger charge is -2.04. The molecule has 1 nitrogen and oxygen atoms in total. The van der Waals surface area contributed by atoms with Gasteiger partial charge in [-0.15, -0.1) is 0 Å². The van der Waals surface area contributed by atoms with Gasteiger partial charge < -0.3 is 4.79 Å². The monoisotopic (exact) mass is 168 g/mol. The quantitative estimate of drug-likeness (QED) is 0.633. The Bertz CT molecular complexity index is 187. The molecule has 12 heavy (non-hydrogen) atoms. The second-order valence-corrected chi connectivity index (χ2v) is 5.24. The Morgan fingerprint density at radius 3 is 1.83 bits per heavy atom. The average Bonchev–Trinajstić information content (AvgIpc) is 2.21. The Balaban J connectivity index is 2.44. The molecule has 0 aromatic heterocycles. The minimum Gasteiger partial charge on any atom is -0.300 e. The third-order valence-electron chi connectivity index (χ3n) is 4.10. The molecule has 1 aliphatic rings. The largest absolute Gasteiger partial charge is 0.300 e. The molecule has 1 heteroatoms. The fourth-order valence-electron chi connectivity index (χ4n) is 2.40. The Hall–Kier alpha value is -0.330. The maximum Gasteiger partial charge on any atom is 0.129 e. The van der Waals surface area contributed by atoms with E-state index in [1.54, 1.807) is 6.92 Å². The molecule has 0 aliphatic heterocycles. The van der Waals surface area contributed by atoms with Gasteiger partial charge in [-0.2, -0.15) is 0 Å². The predicted molar refractivity (Wildman–Crippen MR) is 51.0 cm³/mol. The van der Waals surface area contributed by atoms with Crippen LogP contribution in [0.2, 0.25) is 0 Å². The maximum absolute atomic E-state index is 10.8. The molecule has 1 fully saturated rings. The van der Waals surface area contributed by atoms with E-state index in [1.165, 1.54) is 0 Å². The summed E-state index contributed by atoms with van der Waals surface area (Å²) in [6.45, 7) is 10.9. The Kier molecular flexibility index (Phi) is 2.10. The minimum atomic E-state index is 0.327. The van der Waals surface area contributed by atoms with Crippen molar-refractivity contribution in [2.24, 2.45) is 16.7 Å². The van der Waals surface area contributed by atoms with E-state index in [-0.39, 0.29) is 0 Å². The van der Waals surface area contributed by atoms with Crippen LogP contribution in [0, 0.1) is 16.7 Å². The third-order valence-corrected chi connectivity index (χ3v) is 4.10. The second kappa shape index (κ2) is 2.58. The fraction of sp³-hybridized carbons (Fsp3) is 0.909. The smallest absolute Gasteiger partial charge is 0.129 e. The Morgan fingerprint density at radius 2 is 1.58 bits per heavy atom. The first-order chi connectivity index (χ1) is 5.30. The van der Waals surface area contributed by atoms with E-state index < -0.39 is 0 Å². The summed E-state index contributed by atoms with van der Waals surface area (Å²) in [7, 11) is 0. The number of carbonyl (C=O) groups is 1. The van der Waals surface area contributed by atoms with Gasteiger partial charge >= 0.3 is 0 Å². The van der Waals surface area contributed by atoms with Crippen molar-refractivity contribution in [2.75, 3.05) is 0 Å². The normalized spacial score (nSPS) is 25.4. The van der Waals surface area contributed by atoms with Crippen LogP contribution in [0.25, 0.3) is 0 Å². The van der Waals surface area contributed by atoms with Crippen LogP contribution in [0.3, 0.4) is 0 Å². The summed E-state index contributed by atoms with van der Waals surface area (Å²) in [5.41, 5.74) is 0.894. The van der Waals surface area contributed by atoms with E-state index >= 15 is 0 Å². The number of hydrogen-bond acceptors (Lipinski definition) is 1. The zero-order valence-electron chi connectivity index (χ0n) is 8.90. The highest BCUT2D eigenvalue weighted by Crippen LogP contribution is 2.69. The van der Waals surface area contributed by atoms with Crippen molar-refractivity contribution in [3.8, 4) is 0 Å². The molecule has 0 atom stereocenters. The van der Waals surface area contributed by atoms with Gasteiger partial charge in [-0.1, -0.05) is 27.7 Å². The summed E-state index contributed by atoms with van der Waals surface area (Å²) in [6.07, 6.45) is 1.84. The molecular weight excluding hydrogens is 148 g/mol. The highest BCUT2D eigenvalue weighted by molar-refractivity contribution is 5.75. The third kappa shape index (κ3) is 1.30. The molecule has 0 saturated heterocycles. The second-order valence-electron chi connectivity index (χ2n) is 5.24. The van der Waals surface area contributed by atoms with Crippen molar-refractivity contribution in [3.05, 3.63) is 0 Å². The van der Waals surface area contributed by atoms with Gasteiger partial charge in [-0.25, -0.2) is 0 Å². The lowest BCUT2D eigenvalue weighted by atomic mass is 10.0. The summed E-state index contributed by atoms with van der Waals surface area (Å²) >= 11 is 0. The van der Waals surface area contributed by atoms with Crippen molar-refractivity contribution < 1.29 is 4.79 Å². The molecule has 1 aliphatic carbocycles. The number of carbonyl (C=O) groups excluding carboxylic acids is 1. The topological polar surface area (TPSA) is 17.1 Å². The van der Waals surface area contributed by atoms with Crippen LogP contribution in [0.1, 0.15) is 47.5 Å². The molecular formula is C11H20O. The van der Waals surface area contributed by atoms with E-state index in [4.69, 9.17) is 0 Å². The van der Waals surface area contributed by atoms with Crippen molar-refractivity contribution in [1.82, 2.24) is 0 Å². The van der Waals surface area contributed by atoms with Gasteiger partial charge in [0.1, 0.15) is 5.78 Å². The number of hydrogen-bond donors (Lipinski definition) is 0. The van der Waals surface area contributed by atoms with E-state index in [0.29, 0.717) is 16.6 Å². The summed E-state index contributed by atoms with van der Waals surface area (Å²) in [5, 5.41) is 0. The molecule has 0 unspecified atom stereocenters. The Morgan fingerprint density at radius 1 is 1.17 bits per heavy atom. The SMILES string of the molecule is CC(=O)CCC1C(C)(C)C1(C)C. The van der Waals surface area contributed by atoms with Gasteiger partial charge in [-0.05, 0) is 30.1 Å². The number of ketones is 1. The van der Waals surface area contributed by atoms with Crippen LogP contribution in [0.5, 0.6) is 0 Å². The molecule has 0 radical (unpaired) electrons. The standard InChI is InChI=1S/C11H20O/c1-8(12)6-7-9-10(2,3)11(9,4)5/h9H,6-7H2,1-5H3. The van der Waals surface area contributed by atoms with Crippen LogP contribution in [0.15, 0.2) is 0 Å². The summed E-state index contributed by atoms with van der Waals surface area (Å²) in [5.74, 6) is 1.07. The molecule has 1 saturated carbocycles. The summed E-state index contributed by atoms with van der Waals surface area (Å²) < 4.78 is 0. The molecule has 0 heterocycles. The molecule has 0 bridgehead atoms. The van der Waals surface area contributed by atoms with Gasteiger partial charge in [0.05, 0.1) is 0 Å². The lowest BCUT2D eigenvalue weighted by Crippen LogP contribution is -1.95. The summed E-state index contributed by atoms with van der Waals surface area (Å²) in [6, 6.07) is 0. The maximum atomic E-state index is 10.8. The Labute approximate surface area is 75.5 Å². The van der Waals surface area contributed by atoms with E-state index in [9.17, 15) is 4.79 Å². The first-order valence-corrected chi connectivity index (χ1v) is 4.79. The highest BCUT2D eigenvalue weighted by Gasteiger charge is 2.63. The highest BCUT2D eigenvalue weighted by atomic mass is 16.1. The molecule has 0 spiro atoms. The molecule has 0 aromatic rings. The van der Waals surface area contributed by atoms with Gasteiger partial charge in [0.15, 0.2) is 0 Å². The zero-order chi connectivity index (χ0) is 9.57. The van der Waals surface area contributed by atoms with E-state index in [2.05, 4.69) is 27.7 Å². The van der Waals surface area contributed by atoms with Gasteiger partial charge in [0, 0.05) is 6.42 Å². The lowest BCUT2D eigenvalue weighted by molar-refractivity contribution is -0.117. The predicted octanol–water partition coefficient (Wildman–Crippen LogP) is 3.04. The average molecular weight is 168 g/mol. The summed E-state index contributed by atoms with van der Waals surface area (Å²) in [4.78, 5) is 10.8. The van der Waals surface area contributed by atoms with E-state index in [1.807, 2.05) is 0 Å². The molecule has 0 N–H and O–H groups in total. The molecule has 0 amide bonds. The van der Waals surface area contributed by atoms with Gasteiger partial charge in [0.25, 0.3) is 0 Å². The molecule has 70 valence electrons. The van der Waals surface area contributed by atoms with Crippen LogP contribution in [-0.2, 0) is 4.79 Å². The zero-order valence-corrected chi connectivity index (χ0v) is 8.90. The fourth-order valence-corrected chi connectivity index (χ4v) is 2.40. The minimum absolute atomic E-state index is 0.327. The van der Waals surface area contributed by atoms with Crippen LogP contribution < -0.4 is 0 Å². The van der Waals surface area contributed by atoms with Crippen molar-refractivity contribution in [1.29, 1.82) is 0 Å². The first-order valence-electron chi connectivity index (χ1n) is 4.79.